The lowest BCUT2D eigenvalue weighted by Crippen LogP contribution is -2.46. The number of amides is 2. The third kappa shape index (κ3) is 5.69. The van der Waals surface area contributed by atoms with Gasteiger partial charge in [0.1, 0.15) is 6.04 Å². The highest BCUT2D eigenvalue weighted by Crippen LogP contribution is 2.09. The largest absolute Gasteiger partial charge is 0.349 e. The second-order valence-electron chi connectivity index (χ2n) is 5.47. The van der Waals surface area contributed by atoms with Crippen LogP contribution in [0.5, 0.6) is 0 Å². The molecule has 0 aliphatic carbocycles. The molecule has 0 saturated carbocycles. The van der Waals surface area contributed by atoms with Gasteiger partial charge in [0.25, 0.3) is 5.91 Å². The van der Waals surface area contributed by atoms with Crippen LogP contribution in [-0.2, 0) is 11.3 Å². The molecule has 0 aliphatic heterocycles. The number of benzene rings is 1. The van der Waals surface area contributed by atoms with E-state index in [1.807, 2.05) is 48.9 Å². The van der Waals surface area contributed by atoms with E-state index < -0.39 is 6.04 Å². The average Bonchev–Trinajstić information content (AvgIpc) is 3.09. The summed E-state index contributed by atoms with van der Waals surface area (Å²) in [5.41, 5.74) is 1.60. The van der Waals surface area contributed by atoms with Crippen molar-refractivity contribution in [2.75, 3.05) is 12.0 Å². The Labute approximate surface area is 151 Å². The summed E-state index contributed by atoms with van der Waals surface area (Å²) in [5.74, 6) is 0.458. The van der Waals surface area contributed by atoms with Crippen molar-refractivity contribution in [1.29, 1.82) is 0 Å². The van der Waals surface area contributed by atoms with Gasteiger partial charge >= 0.3 is 0 Å². The number of hydrogen-bond acceptors (Lipinski definition) is 4. The van der Waals surface area contributed by atoms with Crippen LogP contribution in [0.3, 0.4) is 0 Å². The Balaban J connectivity index is 1.98. The normalized spacial score (nSPS) is 11.8. The summed E-state index contributed by atoms with van der Waals surface area (Å²) in [4.78, 5) is 26.0. The van der Waals surface area contributed by atoms with Crippen molar-refractivity contribution in [1.82, 2.24) is 10.6 Å². The highest BCUT2D eigenvalue weighted by atomic mass is 32.2. The number of carbonyl (C=O) groups is 2. The van der Waals surface area contributed by atoms with Crippen LogP contribution in [0, 0.1) is 6.92 Å². The minimum atomic E-state index is -0.523. The van der Waals surface area contributed by atoms with Gasteiger partial charge in [0, 0.05) is 10.4 Å². The van der Waals surface area contributed by atoms with Crippen LogP contribution in [0.4, 0.5) is 0 Å². The predicted octanol–water partition coefficient (Wildman–Crippen LogP) is 3.22. The van der Waals surface area contributed by atoms with E-state index >= 15 is 0 Å². The second kappa shape index (κ2) is 9.49. The number of thioether (sulfide) groups is 1. The van der Waals surface area contributed by atoms with Crippen molar-refractivity contribution in [3.05, 3.63) is 57.8 Å². The fraction of sp³-hybridized carbons (Fsp3) is 0.333. The molecule has 2 amide bonds. The van der Waals surface area contributed by atoms with Crippen LogP contribution >= 0.6 is 23.1 Å². The third-order valence-corrected chi connectivity index (χ3v) is 5.05. The third-order valence-electron chi connectivity index (χ3n) is 3.53. The van der Waals surface area contributed by atoms with Gasteiger partial charge in [-0.2, -0.15) is 11.8 Å². The molecule has 1 aromatic heterocycles. The van der Waals surface area contributed by atoms with Gasteiger partial charge < -0.3 is 10.6 Å². The molecule has 1 atom stereocenters. The maximum Gasteiger partial charge on any atom is 0.251 e. The number of aryl methyl sites for hydroxylation is 1. The van der Waals surface area contributed by atoms with Gasteiger partial charge in [-0.25, -0.2) is 0 Å². The van der Waals surface area contributed by atoms with E-state index in [0.717, 1.165) is 16.2 Å². The zero-order chi connectivity index (χ0) is 17.4. The first-order chi connectivity index (χ1) is 11.6. The molecule has 0 aliphatic rings. The zero-order valence-corrected chi connectivity index (χ0v) is 15.5. The molecule has 24 heavy (non-hydrogen) atoms. The van der Waals surface area contributed by atoms with Crippen molar-refractivity contribution >= 4 is 34.9 Å². The van der Waals surface area contributed by atoms with Crippen molar-refractivity contribution in [3.63, 3.8) is 0 Å². The summed E-state index contributed by atoms with van der Waals surface area (Å²) < 4.78 is 0. The molecule has 1 aromatic carbocycles. The van der Waals surface area contributed by atoms with Gasteiger partial charge in [0.2, 0.25) is 5.91 Å². The first-order valence-electron chi connectivity index (χ1n) is 7.76. The molecule has 0 radical (unpaired) electrons. The van der Waals surface area contributed by atoms with Gasteiger partial charge in [0.05, 0.1) is 6.54 Å². The van der Waals surface area contributed by atoms with Gasteiger partial charge in [0.15, 0.2) is 0 Å². The summed E-state index contributed by atoms with van der Waals surface area (Å²) in [7, 11) is 0. The maximum absolute atomic E-state index is 12.4. The average molecular weight is 363 g/mol. The van der Waals surface area contributed by atoms with Crippen molar-refractivity contribution in [3.8, 4) is 0 Å². The number of hydrogen-bond donors (Lipinski definition) is 2. The lowest BCUT2D eigenvalue weighted by Gasteiger charge is -2.18. The van der Waals surface area contributed by atoms with E-state index in [0.29, 0.717) is 18.5 Å². The fourth-order valence-corrected chi connectivity index (χ4v) is 3.36. The highest BCUT2D eigenvalue weighted by Gasteiger charge is 2.21. The Morgan fingerprint density at radius 3 is 2.75 bits per heavy atom. The Bertz CT molecular complexity index is 671. The van der Waals surface area contributed by atoms with Gasteiger partial charge in [-0.15, -0.1) is 11.3 Å². The first kappa shape index (κ1) is 18.5. The smallest absolute Gasteiger partial charge is 0.251 e. The molecule has 128 valence electrons. The SMILES string of the molecule is CSCC[C@H](NC(=O)c1cccc(C)c1)C(=O)NCc1cccs1. The quantitative estimate of drug-likeness (QED) is 0.758. The molecular weight excluding hydrogens is 340 g/mol. The first-order valence-corrected chi connectivity index (χ1v) is 10.0. The number of rotatable bonds is 8. The summed E-state index contributed by atoms with van der Waals surface area (Å²) in [6.07, 6.45) is 2.60. The van der Waals surface area contributed by atoms with Crippen molar-refractivity contribution < 1.29 is 9.59 Å². The van der Waals surface area contributed by atoms with Crippen LogP contribution in [-0.4, -0.2) is 29.9 Å². The lowest BCUT2D eigenvalue weighted by molar-refractivity contribution is -0.123. The summed E-state index contributed by atoms with van der Waals surface area (Å²) in [5, 5.41) is 7.75. The molecule has 0 bridgehead atoms. The Kier molecular flexibility index (Phi) is 7.34. The topological polar surface area (TPSA) is 58.2 Å². The van der Waals surface area contributed by atoms with E-state index in [-0.39, 0.29) is 11.8 Å². The van der Waals surface area contributed by atoms with E-state index in [9.17, 15) is 9.59 Å². The molecule has 6 heteroatoms. The van der Waals surface area contributed by atoms with Gasteiger partial charge in [-0.3, -0.25) is 9.59 Å². The molecule has 2 rings (SSSR count). The number of thiophene rings is 1. The van der Waals surface area contributed by atoms with Gasteiger partial charge in [-0.1, -0.05) is 23.8 Å². The van der Waals surface area contributed by atoms with Crippen molar-refractivity contribution in [2.24, 2.45) is 0 Å². The Morgan fingerprint density at radius 1 is 1.25 bits per heavy atom. The van der Waals surface area contributed by atoms with Crippen LogP contribution in [0.1, 0.15) is 27.2 Å². The van der Waals surface area contributed by atoms with E-state index in [1.165, 1.54) is 0 Å². The Morgan fingerprint density at radius 2 is 2.08 bits per heavy atom. The zero-order valence-electron chi connectivity index (χ0n) is 13.9. The molecule has 0 spiro atoms. The van der Waals surface area contributed by atoms with Crippen LogP contribution in [0.15, 0.2) is 41.8 Å². The highest BCUT2D eigenvalue weighted by molar-refractivity contribution is 7.98. The molecule has 0 fully saturated rings. The molecular formula is C18H22N2O2S2. The predicted molar refractivity (Wildman–Crippen MR) is 102 cm³/mol. The van der Waals surface area contributed by atoms with Crippen LogP contribution in [0.25, 0.3) is 0 Å². The van der Waals surface area contributed by atoms with Gasteiger partial charge in [-0.05, 0) is 48.9 Å². The van der Waals surface area contributed by atoms with E-state index in [2.05, 4.69) is 10.6 Å². The number of nitrogens with one attached hydrogen (secondary N) is 2. The molecule has 4 nitrogen and oxygen atoms in total. The molecule has 0 unspecified atom stereocenters. The van der Waals surface area contributed by atoms with Crippen molar-refractivity contribution in [2.45, 2.75) is 25.9 Å². The minimum absolute atomic E-state index is 0.140. The second-order valence-corrected chi connectivity index (χ2v) is 7.49. The Hall–Kier alpha value is -1.79. The van der Waals surface area contributed by atoms with E-state index in [1.54, 1.807) is 29.2 Å². The van der Waals surface area contributed by atoms with Crippen LogP contribution < -0.4 is 10.6 Å². The summed E-state index contributed by atoms with van der Waals surface area (Å²) in [6.45, 7) is 2.43. The molecule has 2 aromatic rings. The summed E-state index contributed by atoms with van der Waals surface area (Å²) >= 11 is 3.26. The lowest BCUT2D eigenvalue weighted by atomic mass is 10.1. The van der Waals surface area contributed by atoms with E-state index in [4.69, 9.17) is 0 Å². The monoisotopic (exact) mass is 362 g/mol. The summed E-state index contributed by atoms with van der Waals surface area (Å²) in [6, 6.07) is 10.8. The standard InChI is InChI=1S/C18H22N2O2S2/c1-13-5-3-6-14(11-13)17(21)20-16(8-10-23-2)18(22)19-12-15-7-4-9-24-15/h3-7,9,11,16H,8,10,12H2,1-2H3,(H,19,22)(H,20,21)/t16-/m0/s1. The molecule has 0 saturated heterocycles. The molecule has 1 heterocycles. The fourth-order valence-electron chi connectivity index (χ4n) is 2.24. The number of carbonyl (C=O) groups excluding carboxylic acids is 2. The minimum Gasteiger partial charge on any atom is -0.349 e. The maximum atomic E-state index is 12.4. The van der Waals surface area contributed by atoms with Crippen LogP contribution in [0.2, 0.25) is 0 Å². The molecule has 2 N–H and O–H groups in total.